The first-order valence-electron chi connectivity index (χ1n) is 7.37. The molecule has 0 fully saturated rings. The normalized spacial score (nSPS) is 10.1. The molecule has 0 saturated heterocycles. The fourth-order valence-corrected chi connectivity index (χ4v) is 2.21. The Bertz CT molecular complexity index is 699. The third-order valence-electron chi connectivity index (χ3n) is 3.73. The first kappa shape index (κ1) is 16.7. The van der Waals surface area contributed by atoms with Crippen LogP contribution in [0.5, 0.6) is 11.5 Å². The predicted octanol–water partition coefficient (Wildman–Crippen LogP) is 3.37. The number of amides is 1. The molecule has 23 heavy (non-hydrogen) atoms. The van der Waals surface area contributed by atoms with Crippen molar-refractivity contribution in [1.82, 2.24) is 0 Å². The maximum Gasteiger partial charge on any atom is 0.243 e. The fraction of sp³-hybridized carbons (Fsp3) is 0.278. The molecule has 2 aromatic rings. The highest BCUT2D eigenvalue weighted by Crippen LogP contribution is 2.29. The summed E-state index contributed by atoms with van der Waals surface area (Å²) in [6.07, 6.45) is 0. The molecule has 0 heterocycles. The van der Waals surface area contributed by atoms with E-state index in [4.69, 9.17) is 9.47 Å². The molecule has 0 aliphatic rings. The smallest absolute Gasteiger partial charge is 0.243 e. The van der Waals surface area contributed by atoms with Gasteiger partial charge in [-0.3, -0.25) is 4.79 Å². The number of carbonyl (C=O) groups is 1. The quantitative estimate of drug-likeness (QED) is 0.858. The van der Waals surface area contributed by atoms with Gasteiger partial charge in [-0.2, -0.15) is 0 Å². The van der Waals surface area contributed by atoms with Gasteiger partial charge in [0.05, 0.1) is 26.5 Å². The topological polar surface area (TPSA) is 59.6 Å². The van der Waals surface area contributed by atoms with Crippen molar-refractivity contribution in [2.45, 2.75) is 13.8 Å². The summed E-state index contributed by atoms with van der Waals surface area (Å²) in [4.78, 5) is 12.1. The van der Waals surface area contributed by atoms with Crippen molar-refractivity contribution < 1.29 is 14.3 Å². The fourth-order valence-electron chi connectivity index (χ4n) is 2.21. The third kappa shape index (κ3) is 4.16. The summed E-state index contributed by atoms with van der Waals surface area (Å²) in [5.41, 5.74) is 3.90. The second-order valence-corrected chi connectivity index (χ2v) is 5.22. The molecule has 0 atom stereocenters. The van der Waals surface area contributed by atoms with Gasteiger partial charge in [0.1, 0.15) is 11.5 Å². The van der Waals surface area contributed by atoms with Crippen LogP contribution in [0.1, 0.15) is 11.1 Å². The molecule has 5 heteroatoms. The van der Waals surface area contributed by atoms with E-state index in [1.807, 2.05) is 32.0 Å². The van der Waals surface area contributed by atoms with Gasteiger partial charge >= 0.3 is 0 Å². The lowest BCUT2D eigenvalue weighted by molar-refractivity contribution is -0.114. The van der Waals surface area contributed by atoms with Gasteiger partial charge in [-0.05, 0) is 43.2 Å². The molecule has 0 saturated carbocycles. The van der Waals surface area contributed by atoms with Crippen LogP contribution in [0, 0.1) is 13.8 Å². The second kappa shape index (κ2) is 7.54. The summed E-state index contributed by atoms with van der Waals surface area (Å²) in [5.74, 6) is 1.09. The van der Waals surface area contributed by atoms with E-state index in [1.54, 1.807) is 32.4 Å². The Morgan fingerprint density at radius 3 is 2.52 bits per heavy atom. The van der Waals surface area contributed by atoms with E-state index in [1.165, 1.54) is 5.56 Å². The number of rotatable bonds is 6. The minimum atomic E-state index is -0.144. The summed E-state index contributed by atoms with van der Waals surface area (Å²) in [7, 11) is 3.14. The lowest BCUT2D eigenvalue weighted by Gasteiger charge is -2.13. The van der Waals surface area contributed by atoms with Crippen LogP contribution < -0.4 is 20.1 Å². The molecule has 2 N–H and O–H groups in total. The number of methoxy groups -OCH3 is 2. The van der Waals surface area contributed by atoms with Crippen LogP contribution in [0.3, 0.4) is 0 Å². The molecule has 0 bridgehead atoms. The highest BCUT2D eigenvalue weighted by molar-refractivity contribution is 5.95. The third-order valence-corrected chi connectivity index (χ3v) is 3.73. The summed E-state index contributed by atoms with van der Waals surface area (Å²) < 4.78 is 10.4. The zero-order chi connectivity index (χ0) is 16.8. The molecule has 1 amide bonds. The van der Waals surface area contributed by atoms with Crippen LogP contribution in [-0.2, 0) is 4.79 Å². The van der Waals surface area contributed by atoms with E-state index in [-0.39, 0.29) is 12.5 Å². The van der Waals surface area contributed by atoms with Gasteiger partial charge in [0.15, 0.2) is 0 Å². The average Bonchev–Trinajstić information content (AvgIpc) is 2.56. The number of hydrogen-bond acceptors (Lipinski definition) is 4. The lowest BCUT2D eigenvalue weighted by Crippen LogP contribution is -2.22. The second-order valence-electron chi connectivity index (χ2n) is 5.22. The van der Waals surface area contributed by atoms with Crippen molar-refractivity contribution in [2.24, 2.45) is 0 Å². The van der Waals surface area contributed by atoms with Crippen LogP contribution in [0.15, 0.2) is 36.4 Å². The molecule has 0 aromatic heterocycles. The van der Waals surface area contributed by atoms with E-state index in [0.717, 1.165) is 11.3 Å². The molecule has 0 spiro atoms. The Hall–Kier alpha value is -2.69. The minimum absolute atomic E-state index is 0.144. The van der Waals surface area contributed by atoms with Crippen molar-refractivity contribution in [1.29, 1.82) is 0 Å². The average molecular weight is 314 g/mol. The first-order chi connectivity index (χ1) is 11.0. The van der Waals surface area contributed by atoms with Gasteiger partial charge in [0, 0.05) is 11.8 Å². The largest absolute Gasteiger partial charge is 0.497 e. The van der Waals surface area contributed by atoms with Gasteiger partial charge in [0.25, 0.3) is 0 Å². The van der Waals surface area contributed by atoms with Crippen LogP contribution in [0.25, 0.3) is 0 Å². The van der Waals surface area contributed by atoms with E-state index in [2.05, 4.69) is 10.6 Å². The maximum atomic E-state index is 12.1. The van der Waals surface area contributed by atoms with Crippen LogP contribution in [-0.4, -0.2) is 26.7 Å². The number of benzene rings is 2. The monoisotopic (exact) mass is 314 g/mol. The Kier molecular flexibility index (Phi) is 5.46. The van der Waals surface area contributed by atoms with Crippen molar-refractivity contribution in [3.63, 3.8) is 0 Å². The van der Waals surface area contributed by atoms with Crippen LogP contribution in [0.2, 0.25) is 0 Å². The van der Waals surface area contributed by atoms with Crippen LogP contribution in [0.4, 0.5) is 11.4 Å². The summed E-state index contributed by atoms with van der Waals surface area (Å²) in [6.45, 7) is 4.25. The van der Waals surface area contributed by atoms with E-state index >= 15 is 0 Å². The Morgan fingerprint density at radius 2 is 1.83 bits per heavy atom. The van der Waals surface area contributed by atoms with Gasteiger partial charge in [0.2, 0.25) is 5.91 Å². The van der Waals surface area contributed by atoms with Crippen molar-refractivity contribution in [3.8, 4) is 11.5 Å². The number of anilines is 2. The van der Waals surface area contributed by atoms with Crippen LogP contribution >= 0.6 is 0 Å². The van der Waals surface area contributed by atoms with Crippen molar-refractivity contribution in [3.05, 3.63) is 47.5 Å². The summed E-state index contributed by atoms with van der Waals surface area (Å²) in [6, 6.07) is 11.2. The Morgan fingerprint density at radius 1 is 1.04 bits per heavy atom. The molecule has 2 aromatic carbocycles. The molecular weight excluding hydrogens is 292 g/mol. The molecule has 0 radical (unpaired) electrons. The van der Waals surface area contributed by atoms with E-state index in [0.29, 0.717) is 17.2 Å². The standard InChI is InChI=1S/C18H22N2O3/c1-12-6-5-7-15(13(12)2)19-11-18(21)20-16-9-8-14(22-3)10-17(16)23-4/h5-10,19H,11H2,1-4H3,(H,20,21). The zero-order valence-corrected chi connectivity index (χ0v) is 13.9. The summed E-state index contributed by atoms with van der Waals surface area (Å²) >= 11 is 0. The van der Waals surface area contributed by atoms with E-state index < -0.39 is 0 Å². The number of carbonyl (C=O) groups excluding carboxylic acids is 1. The number of nitrogens with one attached hydrogen (secondary N) is 2. The summed E-state index contributed by atoms with van der Waals surface area (Å²) in [5, 5.41) is 5.99. The highest BCUT2D eigenvalue weighted by Gasteiger charge is 2.09. The SMILES string of the molecule is COc1ccc(NC(=O)CNc2cccc(C)c2C)c(OC)c1. The molecule has 0 aliphatic carbocycles. The van der Waals surface area contributed by atoms with Gasteiger partial charge < -0.3 is 20.1 Å². The van der Waals surface area contributed by atoms with Crippen molar-refractivity contribution >= 4 is 17.3 Å². The first-order valence-corrected chi connectivity index (χ1v) is 7.37. The lowest BCUT2D eigenvalue weighted by atomic mass is 10.1. The Balaban J connectivity index is 2.01. The maximum absolute atomic E-state index is 12.1. The molecule has 122 valence electrons. The zero-order valence-electron chi connectivity index (χ0n) is 13.9. The molecule has 0 aliphatic heterocycles. The molecular formula is C18H22N2O3. The van der Waals surface area contributed by atoms with Crippen molar-refractivity contribution in [2.75, 3.05) is 31.4 Å². The van der Waals surface area contributed by atoms with Gasteiger partial charge in [-0.1, -0.05) is 12.1 Å². The van der Waals surface area contributed by atoms with Gasteiger partial charge in [-0.25, -0.2) is 0 Å². The van der Waals surface area contributed by atoms with E-state index in [9.17, 15) is 4.79 Å². The minimum Gasteiger partial charge on any atom is -0.497 e. The van der Waals surface area contributed by atoms with Gasteiger partial charge in [-0.15, -0.1) is 0 Å². The highest BCUT2D eigenvalue weighted by atomic mass is 16.5. The number of ether oxygens (including phenoxy) is 2. The number of hydrogen-bond donors (Lipinski definition) is 2. The predicted molar refractivity (Wildman–Crippen MR) is 92.6 cm³/mol. The molecule has 0 unspecified atom stereocenters. The molecule has 5 nitrogen and oxygen atoms in total. The number of aryl methyl sites for hydroxylation is 1. The molecule has 2 rings (SSSR count). The Labute approximate surface area is 136 Å².